The van der Waals surface area contributed by atoms with Crippen LogP contribution in [0, 0.1) is 6.92 Å². The van der Waals surface area contributed by atoms with Gasteiger partial charge in [0.15, 0.2) is 0 Å². The number of hydrogen-bond acceptors (Lipinski definition) is 3. The normalized spacial score (nSPS) is 9.45. The van der Waals surface area contributed by atoms with Crippen LogP contribution in [0.3, 0.4) is 0 Å². The second kappa shape index (κ2) is 6.04. The Kier molecular flexibility index (Phi) is 5.65. The van der Waals surface area contributed by atoms with E-state index in [9.17, 15) is 0 Å². The second-order valence-electron chi connectivity index (χ2n) is 1.64. The average molecular weight is 171 g/mol. The smallest absolute Gasteiger partial charge is 0.219 e. The van der Waals surface area contributed by atoms with Gasteiger partial charge in [-0.1, -0.05) is 13.8 Å². The second-order valence-corrected chi connectivity index (χ2v) is 1.94. The summed E-state index contributed by atoms with van der Waals surface area (Å²) in [5.74, 6) is 0.600. The fourth-order valence-corrected chi connectivity index (χ4v) is 0.640. The molecular formula is C8H13NOS. The van der Waals surface area contributed by atoms with Crippen LogP contribution in [0.5, 0.6) is 0 Å². The van der Waals surface area contributed by atoms with Crippen LogP contribution in [-0.2, 0) is 0 Å². The van der Waals surface area contributed by atoms with Gasteiger partial charge in [0.25, 0.3) is 0 Å². The average Bonchev–Trinajstić information content (AvgIpc) is 2.41. The summed E-state index contributed by atoms with van der Waals surface area (Å²) in [6.45, 7) is 5.87. The van der Waals surface area contributed by atoms with Gasteiger partial charge >= 0.3 is 0 Å². The van der Waals surface area contributed by atoms with Crippen LogP contribution in [0.2, 0.25) is 0 Å². The van der Waals surface area contributed by atoms with E-state index in [0.29, 0.717) is 5.89 Å². The van der Waals surface area contributed by atoms with E-state index in [2.05, 4.69) is 17.6 Å². The molecular weight excluding hydrogens is 158 g/mol. The standard InChI is InChI=1S/C6H7NOS.C2H6/c1-5-4-8-6(7-5)2-3-9;1-2/h2-4,9H,1H3;1-2H3/b3-2+;. The summed E-state index contributed by atoms with van der Waals surface area (Å²) in [6, 6.07) is 0. The van der Waals surface area contributed by atoms with Gasteiger partial charge in [-0.3, -0.25) is 0 Å². The minimum Gasteiger partial charge on any atom is -0.445 e. The summed E-state index contributed by atoms with van der Waals surface area (Å²) >= 11 is 3.86. The van der Waals surface area contributed by atoms with Crippen LogP contribution >= 0.6 is 12.6 Å². The van der Waals surface area contributed by atoms with E-state index in [1.807, 2.05) is 20.8 Å². The van der Waals surface area contributed by atoms with Crippen molar-refractivity contribution in [3.8, 4) is 0 Å². The van der Waals surface area contributed by atoms with E-state index in [4.69, 9.17) is 4.42 Å². The van der Waals surface area contributed by atoms with Crippen molar-refractivity contribution < 1.29 is 4.42 Å². The number of oxazole rings is 1. The number of hydrogen-bond donors (Lipinski definition) is 1. The molecule has 0 bridgehead atoms. The zero-order chi connectivity index (χ0) is 8.69. The first kappa shape index (κ1) is 10.3. The van der Waals surface area contributed by atoms with E-state index in [1.165, 1.54) is 0 Å². The van der Waals surface area contributed by atoms with E-state index in [0.717, 1.165) is 5.69 Å². The topological polar surface area (TPSA) is 26.0 Å². The molecule has 1 heterocycles. The Hall–Kier alpha value is -0.700. The molecule has 0 fully saturated rings. The summed E-state index contributed by atoms with van der Waals surface area (Å²) in [6.07, 6.45) is 3.29. The Bertz CT molecular complexity index is 218. The van der Waals surface area contributed by atoms with Crippen LogP contribution in [0.4, 0.5) is 0 Å². The van der Waals surface area contributed by atoms with E-state index >= 15 is 0 Å². The molecule has 1 aromatic heterocycles. The first-order valence-corrected chi connectivity index (χ1v) is 4.07. The van der Waals surface area contributed by atoms with Gasteiger partial charge in [-0.25, -0.2) is 4.98 Å². The molecule has 0 aliphatic rings. The highest BCUT2D eigenvalue weighted by Gasteiger charge is 1.91. The fraction of sp³-hybridized carbons (Fsp3) is 0.375. The van der Waals surface area contributed by atoms with Crippen LogP contribution in [0.15, 0.2) is 16.1 Å². The molecule has 0 saturated carbocycles. The molecule has 0 saturated heterocycles. The molecule has 0 radical (unpaired) electrons. The number of thiol groups is 1. The van der Waals surface area contributed by atoms with Crippen molar-refractivity contribution in [2.75, 3.05) is 0 Å². The summed E-state index contributed by atoms with van der Waals surface area (Å²) in [5, 5.41) is 1.59. The highest BCUT2D eigenvalue weighted by atomic mass is 32.1. The third kappa shape index (κ3) is 3.88. The molecule has 1 rings (SSSR count). The van der Waals surface area contributed by atoms with Crippen molar-refractivity contribution in [3.05, 3.63) is 23.3 Å². The summed E-state index contributed by atoms with van der Waals surface area (Å²) in [4.78, 5) is 4.00. The van der Waals surface area contributed by atoms with Crippen LogP contribution in [-0.4, -0.2) is 4.98 Å². The molecule has 0 N–H and O–H groups in total. The predicted octanol–water partition coefficient (Wildman–Crippen LogP) is 2.91. The van der Waals surface area contributed by atoms with Gasteiger partial charge < -0.3 is 4.42 Å². The highest BCUT2D eigenvalue weighted by Crippen LogP contribution is 2.02. The zero-order valence-electron chi connectivity index (χ0n) is 7.03. The molecule has 0 aliphatic heterocycles. The van der Waals surface area contributed by atoms with Crippen molar-refractivity contribution in [2.45, 2.75) is 20.8 Å². The predicted molar refractivity (Wildman–Crippen MR) is 50.6 cm³/mol. The number of nitrogens with zero attached hydrogens (tertiary/aromatic N) is 1. The first-order valence-electron chi connectivity index (χ1n) is 3.56. The van der Waals surface area contributed by atoms with Gasteiger partial charge in [-0.05, 0) is 12.3 Å². The maximum Gasteiger partial charge on any atom is 0.219 e. The molecule has 1 aromatic rings. The van der Waals surface area contributed by atoms with Crippen molar-refractivity contribution >= 4 is 18.7 Å². The van der Waals surface area contributed by atoms with Gasteiger partial charge in [0.1, 0.15) is 6.26 Å². The molecule has 0 spiro atoms. The number of rotatable bonds is 1. The first-order chi connectivity index (χ1) is 5.33. The van der Waals surface area contributed by atoms with Gasteiger partial charge in [-0.2, -0.15) is 12.6 Å². The number of aryl methyl sites for hydroxylation is 1. The Morgan fingerprint density at radius 2 is 2.18 bits per heavy atom. The van der Waals surface area contributed by atoms with Crippen molar-refractivity contribution in [1.82, 2.24) is 4.98 Å². The van der Waals surface area contributed by atoms with Gasteiger partial charge in [0, 0.05) is 6.08 Å². The van der Waals surface area contributed by atoms with Crippen LogP contribution in [0.25, 0.3) is 6.08 Å². The molecule has 11 heavy (non-hydrogen) atoms. The fourth-order valence-electron chi connectivity index (χ4n) is 0.512. The highest BCUT2D eigenvalue weighted by molar-refractivity contribution is 7.83. The van der Waals surface area contributed by atoms with Crippen molar-refractivity contribution in [1.29, 1.82) is 0 Å². The van der Waals surface area contributed by atoms with Crippen molar-refractivity contribution in [3.63, 3.8) is 0 Å². The zero-order valence-corrected chi connectivity index (χ0v) is 7.93. The largest absolute Gasteiger partial charge is 0.445 e. The van der Waals surface area contributed by atoms with Crippen LogP contribution in [0.1, 0.15) is 25.4 Å². The lowest BCUT2D eigenvalue weighted by Crippen LogP contribution is -1.69. The maximum atomic E-state index is 4.96. The lowest BCUT2D eigenvalue weighted by Gasteiger charge is -1.74. The quantitative estimate of drug-likeness (QED) is 0.657. The summed E-state index contributed by atoms with van der Waals surface area (Å²) < 4.78 is 4.96. The Morgan fingerprint density at radius 1 is 1.55 bits per heavy atom. The Balaban J connectivity index is 0.000000461. The van der Waals surface area contributed by atoms with Gasteiger partial charge in [-0.15, -0.1) is 0 Å². The van der Waals surface area contributed by atoms with Gasteiger partial charge in [0.05, 0.1) is 5.69 Å². The third-order valence-corrected chi connectivity index (χ3v) is 1.00. The molecule has 0 aromatic carbocycles. The molecule has 3 heteroatoms. The van der Waals surface area contributed by atoms with E-state index in [1.54, 1.807) is 17.7 Å². The molecule has 2 nitrogen and oxygen atoms in total. The summed E-state index contributed by atoms with van der Waals surface area (Å²) in [5.41, 5.74) is 0.886. The lowest BCUT2D eigenvalue weighted by molar-refractivity contribution is 0.546. The maximum absolute atomic E-state index is 4.96. The lowest BCUT2D eigenvalue weighted by atomic mass is 10.6. The molecule has 62 valence electrons. The van der Waals surface area contributed by atoms with Crippen molar-refractivity contribution in [2.24, 2.45) is 0 Å². The molecule has 0 amide bonds. The minimum atomic E-state index is 0.600. The van der Waals surface area contributed by atoms with Gasteiger partial charge in [0.2, 0.25) is 5.89 Å². The number of aromatic nitrogens is 1. The molecule has 0 aliphatic carbocycles. The monoisotopic (exact) mass is 171 g/mol. The molecule has 0 atom stereocenters. The van der Waals surface area contributed by atoms with E-state index < -0.39 is 0 Å². The Morgan fingerprint density at radius 3 is 2.55 bits per heavy atom. The summed E-state index contributed by atoms with van der Waals surface area (Å²) in [7, 11) is 0. The molecule has 0 unspecified atom stereocenters. The third-order valence-electron chi connectivity index (χ3n) is 0.854. The minimum absolute atomic E-state index is 0.600. The van der Waals surface area contributed by atoms with E-state index in [-0.39, 0.29) is 0 Å². The Labute approximate surface area is 72.7 Å². The van der Waals surface area contributed by atoms with Crippen LogP contribution < -0.4 is 0 Å². The SMILES string of the molecule is CC.Cc1coc(/C=C/S)n1.